The minimum atomic E-state index is -0.212. The van der Waals surface area contributed by atoms with Crippen LogP contribution >= 0.6 is 11.3 Å². The maximum atomic E-state index is 12.6. The lowest BCUT2D eigenvalue weighted by Gasteiger charge is -2.26. The van der Waals surface area contributed by atoms with Crippen LogP contribution in [-0.4, -0.2) is 22.9 Å². The summed E-state index contributed by atoms with van der Waals surface area (Å²) < 4.78 is 0. The third-order valence-electron chi connectivity index (χ3n) is 4.38. The van der Waals surface area contributed by atoms with Crippen molar-refractivity contribution in [2.45, 2.75) is 51.7 Å². The SMILES string of the molecule is CCC(C)CN1C(=O)C2(CC2)NC1c1ccc(C)s1. The molecule has 0 bridgehead atoms. The molecule has 1 amide bonds. The van der Waals surface area contributed by atoms with Gasteiger partial charge in [-0.2, -0.15) is 0 Å². The van der Waals surface area contributed by atoms with Crippen LogP contribution in [0.1, 0.15) is 49.0 Å². The van der Waals surface area contributed by atoms with E-state index in [0.717, 1.165) is 25.8 Å². The largest absolute Gasteiger partial charge is 0.320 e. The molecule has 2 unspecified atom stereocenters. The molecule has 2 heterocycles. The minimum Gasteiger partial charge on any atom is -0.320 e. The van der Waals surface area contributed by atoms with E-state index in [2.05, 4.69) is 43.1 Å². The maximum Gasteiger partial charge on any atom is 0.244 e. The van der Waals surface area contributed by atoms with Gasteiger partial charge in [-0.3, -0.25) is 10.1 Å². The van der Waals surface area contributed by atoms with E-state index in [0.29, 0.717) is 11.8 Å². The van der Waals surface area contributed by atoms with Gasteiger partial charge in [-0.15, -0.1) is 11.3 Å². The molecule has 1 saturated heterocycles. The second-order valence-electron chi connectivity index (χ2n) is 6.05. The van der Waals surface area contributed by atoms with Crippen LogP contribution in [0.3, 0.4) is 0 Å². The van der Waals surface area contributed by atoms with Gasteiger partial charge in [0.15, 0.2) is 0 Å². The fourth-order valence-electron chi connectivity index (χ4n) is 2.76. The van der Waals surface area contributed by atoms with Gasteiger partial charge in [0.25, 0.3) is 0 Å². The van der Waals surface area contributed by atoms with Crippen molar-refractivity contribution in [3.8, 4) is 0 Å². The molecule has 3 nitrogen and oxygen atoms in total. The molecule has 1 aromatic rings. The normalized spacial score (nSPS) is 26.2. The van der Waals surface area contributed by atoms with Gasteiger partial charge in [0.2, 0.25) is 5.91 Å². The van der Waals surface area contributed by atoms with Crippen molar-refractivity contribution in [1.82, 2.24) is 10.2 Å². The Balaban J connectivity index is 1.86. The third-order valence-corrected chi connectivity index (χ3v) is 5.43. The van der Waals surface area contributed by atoms with Crippen molar-refractivity contribution in [1.29, 1.82) is 0 Å². The molecule has 1 N–H and O–H groups in total. The zero-order chi connectivity index (χ0) is 13.6. The van der Waals surface area contributed by atoms with Crippen LogP contribution < -0.4 is 5.32 Å². The van der Waals surface area contributed by atoms with E-state index in [1.54, 1.807) is 11.3 Å². The number of hydrogen-bond donors (Lipinski definition) is 1. The molecular weight excluding hydrogens is 256 g/mol. The number of aryl methyl sites for hydroxylation is 1. The molecule has 4 heteroatoms. The number of carbonyl (C=O) groups excluding carboxylic acids is 1. The summed E-state index contributed by atoms with van der Waals surface area (Å²) in [6.45, 7) is 7.40. The second kappa shape index (κ2) is 4.60. The first kappa shape index (κ1) is 13.1. The Kier molecular flexibility index (Phi) is 3.18. The molecule has 1 spiro atoms. The third kappa shape index (κ3) is 2.21. The van der Waals surface area contributed by atoms with Crippen LogP contribution in [0.5, 0.6) is 0 Å². The molecule has 2 atom stereocenters. The minimum absolute atomic E-state index is 0.0997. The lowest BCUT2D eigenvalue weighted by atomic mass is 10.1. The Labute approximate surface area is 119 Å². The van der Waals surface area contributed by atoms with Crippen molar-refractivity contribution in [3.05, 3.63) is 21.9 Å². The lowest BCUT2D eigenvalue weighted by Crippen LogP contribution is -2.35. The highest BCUT2D eigenvalue weighted by atomic mass is 32.1. The molecule has 1 saturated carbocycles. The Morgan fingerprint density at radius 1 is 1.53 bits per heavy atom. The summed E-state index contributed by atoms with van der Waals surface area (Å²) in [5.74, 6) is 0.882. The average molecular weight is 278 g/mol. The molecule has 2 fully saturated rings. The summed E-state index contributed by atoms with van der Waals surface area (Å²) in [4.78, 5) is 17.3. The number of amides is 1. The van der Waals surface area contributed by atoms with Crippen LogP contribution in [0.25, 0.3) is 0 Å². The monoisotopic (exact) mass is 278 g/mol. The summed E-state index contributed by atoms with van der Waals surface area (Å²) in [5, 5.41) is 3.59. The topological polar surface area (TPSA) is 32.3 Å². The molecule has 0 radical (unpaired) electrons. The van der Waals surface area contributed by atoms with E-state index in [9.17, 15) is 4.79 Å². The quantitative estimate of drug-likeness (QED) is 0.918. The van der Waals surface area contributed by atoms with Gasteiger partial charge in [0.1, 0.15) is 11.7 Å². The summed E-state index contributed by atoms with van der Waals surface area (Å²) in [7, 11) is 0. The van der Waals surface area contributed by atoms with Crippen molar-refractivity contribution in [2.24, 2.45) is 5.92 Å². The molecule has 1 aliphatic carbocycles. The van der Waals surface area contributed by atoms with Crippen molar-refractivity contribution < 1.29 is 4.79 Å². The summed E-state index contributed by atoms with van der Waals surface area (Å²) in [6.07, 6.45) is 3.23. The van der Waals surface area contributed by atoms with Gasteiger partial charge in [0.05, 0.1) is 0 Å². The van der Waals surface area contributed by atoms with Gasteiger partial charge in [-0.25, -0.2) is 0 Å². The summed E-state index contributed by atoms with van der Waals surface area (Å²) in [6, 6.07) is 4.31. The molecule has 1 aromatic heterocycles. The van der Waals surface area contributed by atoms with Gasteiger partial charge in [-0.05, 0) is 37.8 Å². The Morgan fingerprint density at radius 3 is 2.79 bits per heavy atom. The molecule has 19 heavy (non-hydrogen) atoms. The van der Waals surface area contributed by atoms with Crippen LogP contribution in [0.4, 0.5) is 0 Å². The zero-order valence-electron chi connectivity index (χ0n) is 11.9. The Morgan fingerprint density at radius 2 is 2.26 bits per heavy atom. The molecule has 3 rings (SSSR count). The number of nitrogens with one attached hydrogen (secondary N) is 1. The number of thiophene rings is 1. The van der Waals surface area contributed by atoms with Gasteiger partial charge < -0.3 is 4.90 Å². The van der Waals surface area contributed by atoms with Gasteiger partial charge >= 0.3 is 0 Å². The van der Waals surface area contributed by atoms with E-state index >= 15 is 0 Å². The van der Waals surface area contributed by atoms with Crippen LogP contribution in [0, 0.1) is 12.8 Å². The smallest absolute Gasteiger partial charge is 0.244 e. The van der Waals surface area contributed by atoms with E-state index in [4.69, 9.17) is 0 Å². The highest BCUT2D eigenvalue weighted by Crippen LogP contribution is 2.47. The van der Waals surface area contributed by atoms with E-state index < -0.39 is 0 Å². The van der Waals surface area contributed by atoms with Crippen molar-refractivity contribution >= 4 is 17.2 Å². The van der Waals surface area contributed by atoms with Crippen LogP contribution in [-0.2, 0) is 4.79 Å². The van der Waals surface area contributed by atoms with Gasteiger partial charge in [-0.1, -0.05) is 20.3 Å². The first-order valence-electron chi connectivity index (χ1n) is 7.21. The first-order valence-corrected chi connectivity index (χ1v) is 8.02. The van der Waals surface area contributed by atoms with Crippen molar-refractivity contribution in [3.63, 3.8) is 0 Å². The lowest BCUT2D eigenvalue weighted by molar-refractivity contribution is -0.131. The van der Waals surface area contributed by atoms with Crippen LogP contribution in [0.2, 0.25) is 0 Å². The molecular formula is C15H22N2OS. The summed E-state index contributed by atoms with van der Waals surface area (Å²) in [5.41, 5.74) is -0.212. The van der Waals surface area contributed by atoms with E-state index in [1.165, 1.54) is 9.75 Å². The molecule has 0 aromatic carbocycles. The Bertz CT molecular complexity index is 492. The first-order chi connectivity index (χ1) is 9.05. The van der Waals surface area contributed by atoms with Gasteiger partial charge in [0, 0.05) is 16.3 Å². The van der Waals surface area contributed by atoms with E-state index in [-0.39, 0.29) is 11.7 Å². The predicted molar refractivity (Wildman–Crippen MR) is 78.1 cm³/mol. The number of carbonyl (C=O) groups is 1. The summed E-state index contributed by atoms with van der Waals surface area (Å²) >= 11 is 1.80. The zero-order valence-corrected chi connectivity index (χ0v) is 12.7. The maximum absolute atomic E-state index is 12.6. The predicted octanol–water partition coefficient (Wildman–Crippen LogP) is 3.07. The number of hydrogen-bond acceptors (Lipinski definition) is 3. The second-order valence-corrected chi connectivity index (χ2v) is 7.37. The number of rotatable bonds is 4. The average Bonchev–Trinajstić information content (AvgIpc) is 2.99. The highest BCUT2D eigenvalue weighted by molar-refractivity contribution is 7.12. The van der Waals surface area contributed by atoms with Crippen LogP contribution in [0.15, 0.2) is 12.1 Å². The molecule has 104 valence electrons. The molecule has 2 aliphatic rings. The molecule has 1 aliphatic heterocycles. The van der Waals surface area contributed by atoms with Crippen molar-refractivity contribution in [2.75, 3.05) is 6.54 Å². The fraction of sp³-hybridized carbons (Fsp3) is 0.667. The highest BCUT2D eigenvalue weighted by Gasteiger charge is 2.59. The fourth-order valence-corrected chi connectivity index (χ4v) is 3.70. The Hall–Kier alpha value is -0.870. The van der Waals surface area contributed by atoms with E-state index in [1.807, 2.05) is 0 Å². The number of nitrogens with zero attached hydrogens (tertiary/aromatic N) is 1. The standard InChI is InChI=1S/C15H22N2OS/c1-4-10(2)9-17-13(12-6-5-11(3)19-12)16-15(7-8-15)14(17)18/h5-6,10,13,16H,4,7-9H2,1-3H3.